The van der Waals surface area contributed by atoms with Crippen molar-refractivity contribution in [2.45, 2.75) is 6.92 Å². The molecule has 0 aliphatic carbocycles. The summed E-state index contributed by atoms with van der Waals surface area (Å²) in [4.78, 5) is 36.8. The second kappa shape index (κ2) is 8.44. The van der Waals surface area contributed by atoms with E-state index in [4.69, 9.17) is 4.74 Å². The summed E-state index contributed by atoms with van der Waals surface area (Å²) >= 11 is 1.21. The molecule has 10 nitrogen and oxygen atoms in total. The Morgan fingerprint density at radius 3 is 2.38 bits per heavy atom. The van der Waals surface area contributed by atoms with Crippen molar-refractivity contribution in [2.24, 2.45) is 0 Å². The highest BCUT2D eigenvalue weighted by atomic mass is 32.1. The molecule has 1 N–H and O–H groups in total. The highest BCUT2D eigenvalue weighted by molar-refractivity contribution is 7.14. The van der Waals surface area contributed by atoms with Crippen LogP contribution in [0.2, 0.25) is 0 Å². The molecule has 0 saturated heterocycles. The summed E-state index contributed by atoms with van der Waals surface area (Å²) in [5.41, 5.74) is 1.73. The fourth-order valence-corrected chi connectivity index (χ4v) is 3.16. The lowest BCUT2D eigenvalue weighted by molar-refractivity contribution is -0.385. The molecule has 29 heavy (non-hydrogen) atoms. The summed E-state index contributed by atoms with van der Waals surface area (Å²) < 4.78 is 5.41. The molecule has 2 aromatic carbocycles. The summed E-state index contributed by atoms with van der Waals surface area (Å²) in [5, 5.41) is 26.1. The topological polar surface area (TPSA) is 138 Å². The third kappa shape index (κ3) is 4.90. The van der Waals surface area contributed by atoms with Crippen molar-refractivity contribution in [3.63, 3.8) is 0 Å². The Balaban J connectivity index is 1.59. The van der Waals surface area contributed by atoms with Crippen molar-refractivity contribution >= 4 is 33.8 Å². The second-order valence-electron chi connectivity index (χ2n) is 5.89. The second-order valence-corrected chi connectivity index (χ2v) is 6.74. The van der Waals surface area contributed by atoms with E-state index in [0.717, 1.165) is 0 Å². The number of nitrogens with one attached hydrogen (secondary N) is 1. The number of hydrogen-bond donors (Lipinski definition) is 1. The summed E-state index contributed by atoms with van der Waals surface area (Å²) in [6.45, 7) is 1.36. The number of amides is 1. The molecule has 11 heteroatoms. The van der Waals surface area contributed by atoms with Gasteiger partial charge in [-0.3, -0.25) is 30.3 Å². The van der Waals surface area contributed by atoms with Crippen LogP contribution in [0.4, 0.5) is 16.5 Å². The molecule has 1 aromatic heterocycles. The highest BCUT2D eigenvalue weighted by Crippen LogP contribution is 2.27. The Hall–Kier alpha value is -3.86. The average molecular weight is 414 g/mol. The van der Waals surface area contributed by atoms with Crippen LogP contribution in [-0.4, -0.2) is 27.3 Å². The van der Waals surface area contributed by atoms with Crippen LogP contribution in [0.25, 0.3) is 11.3 Å². The predicted molar refractivity (Wildman–Crippen MR) is 106 cm³/mol. The maximum atomic E-state index is 12.1. The van der Waals surface area contributed by atoms with E-state index in [-0.39, 0.29) is 18.0 Å². The van der Waals surface area contributed by atoms with E-state index in [0.29, 0.717) is 27.7 Å². The van der Waals surface area contributed by atoms with E-state index in [1.54, 1.807) is 24.4 Å². The molecule has 0 aliphatic heterocycles. The number of nitrogens with zero attached hydrogens (tertiary/aromatic N) is 3. The minimum Gasteiger partial charge on any atom is -0.483 e. The monoisotopic (exact) mass is 414 g/mol. The maximum absolute atomic E-state index is 12.1. The van der Waals surface area contributed by atoms with Crippen LogP contribution in [0.15, 0.2) is 47.8 Å². The lowest BCUT2D eigenvalue weighted by atomic mass is 10.1. The number of aromatic nitrogens is 1. The Labute approximate surface area is 168 Å². The first-order chi connectivity index (χ1) is 13.8. The number of benzene rings is 2. The van der Waals surface area contributed by atoms with E-state index >= 15 is 0 Å². The molecule has 0 spiro atoms. The minimum absolute atomic E-state index is 0.0174. The lowest BCUT2D eigenvalue weighted by Gasteiger charge is -2.08. The van der Waals surface area contributed by atoms with E-state index in [2.05, 4.69) is 10.3 Å². The van der Waals surface area contributed by atoms with E-state index in [1.807, 2.05) is 0 Å². The van der Waals surface area contributed by atoms with Gasteiger partial charge < -0.3 is 4.74 Å². The molecular formula is C18H14N4O6S. The normalized spacial score (nSPS) is 10.4. The van der Waals surface area contributed by atoms with Gasteiger partial charge in [0.2, 0.25) is 0 Å². The quantitative estimate of drug-likeness (QED) is 0.456. The number of aryl methyl sites for hydroxylation is 1. The van der Waals surface area contributed by atoms with Crippen molar-refractivity contribution in [3.8, 4) is 17.0 Å². The van der Waals surface area contributed by atoms with Gasteiger partial charge in [-0.05, 0) is 30.7 Å². The number of rotatable bonds is 7. The van der Waals surface area contributed by atoms with Gasteiger partial charge in [-0.1, -0.05) is 0 Å². The van der Waals surface area contributed by atoms with Gasteiger partial charge in [0, 0.05) is 35.2 Å². The molecule has 0 radical (unpaired) electrons. The molecule has 148 valence electrons. The van der Waals surface area contributed by atoms with Gasteiger partial charge in [-0.2, -0.15) is 0 Å². The smallest absolute Gasteiger partial charge is 0.269 e. The largest absolute Gasteiger partial charge is 0.483 e. The molecule has 0 saturated carbocycles. The van der Waals surface area contributed by atoms with Gasteiger partial charge in [0.05, 0.1) is 15.5 Å². The molecule has 0 fully saturated rings. The van der Waals surface area contributed by atoms with Crippen LogP contribution < -0.4 is 10.1 Å². The first-order valence-electron chi connectivity index (χ1n) is 8.21. The average Bonchev–Trinajstić information content (AvgIpc) is 3.15. The van der Waals surface area contributed by atoms with Gasteiger partial charge in [0.25, 0.3) is 17.3 Å². The Bertz CT molecular complexity index is 1080. The minimum atomic E-state index is -0.505. The Morgan fingerprint density at radius 1 is 1.10 bits per heavy atom. The number of anilines is 1. The summed E-state index contributed by atoms with van der Waals surface area (Å²) in [6.07, 6.45) is 0. The fraction of sp³-hybridized carbons (Fsp3) is 0.111. The molecule has 3 rings (SSSR count). The highest BCUT2D eigenvalue weighted by Gasteiger charge is 2.13. The molecular weight excluding hydrogens is 400 g/mol. The number of nitro benzene ring substituents is 2. The number of nitro groups is 2. The summed E-state index contributed by atoms with van der Waals surface area (Å²) in [5.74, 6) is -0.0659. The van der Waals surface area contributed by atoms with E-state index in [1.165, 1.54) is 41.7 Å². The standard InChI is InChI=1S/C18H14N4O6S/c1-11-8-14(22(26)27)6-7-16(11)28-9-17(23)20-18-19-15(10-29-18)12-2-4-13(5-3-12)21(24)25/h2-8,10H,9H2,1H3,(H,19,20,23). The lowest BCUT2D eigenvalue weighted by Crippen LogP contribution is -2.20. The molecule has 1 amide bonds. The molecule has 0 atom stereocenters. The number of ether oxygens (including phenoxy) is 1. The van der Waals surface area contributed by atoms with Crippen molar-refractivity contribution in [1.29, 1.82) is 0 Å². The Kier molecular flexibility index (Phi) is 5.79. The van der Waals surface area contributed by atoms with Crippen LogP contribution in [0, 0.1) is 27.2 Å². The first-order valence-corrected chi connectivity index (χ1v) is 9.09. The zero-order valence-electron chi connectivity index (χ0n) is 15.0. The summed E-state index contributed by atoms with van der Waals surface area (Å²) in [6, 6.07) is 10.0. The van der Waals surface area contributed by atoms with Crippen LogP contribution in [0.3, 0.4) is 0 Å². The van der Waals surface area contributed by atoms with Gasteiger partial charge in [-0.25, -0.2) is 4.98 Å². The van der Waals surface area contributed by atoms with Crippen LogP contribution >= 0.6 is 11.3 Å². The third-order valence-electron chi connectivity index (χ3n) is 3.85. The summed E-state index contributed by atoms with van der Waals surface area (Å²) in [7, 11) is 0. The van der Waals surface area contributed by atoms with Crippen molar-refractivity contribution in [3.05, 3.63) is 73.6 Å². The van der Waals surface area contributed by atoms with Gasteiger partial charge in [-0.15, -0.1) is 11.3 Å². The predicted octanol–water partition coefficient (Wildman–Crippen LogP) is 3.95. The zero-order chi connectivity index (χ0) is 21.0. The fourth-order valence-electron chi connectivity index (χ4n) is 2.43. The van der Waals surface area contributed by atoms with Gasteiger partial charge >= 0.3 is 0 Å². The van der Waals surface area contributed by atoms with Crippen LogP contribution in [0.5, 0.6) is 5.75 Å². The van der Waals surface area contributed by atoms with Crippen molar-refractivity contribution in [2.75, 3.05) is 11.9 Å². The first kappa shape index (κ1) is 19.9. The molecule has 0 bridgehead atoms. The van der Waals surface area contributed by atoms with Crippen LogP contribution in [-0.2, 0) is 4.79 Å². The number of thiazole rings is 1. The molecule has 0 unspecified atom stereocenters. The number of non-ortho nitro benzene ring substituents is 2. The van der Waals surface area contributed by atoms with E-state index < -0.39 is 15.8 Å². The number of hydrogen-bond acceptors (Lipinski definition) is 8. The third-order valence-corrected chi connectivity index (χ3v) is 4.61. The number of carbonyl (C=O) groups excluding carboxylic acids is 1. The van der Waals surface area contributed by atoms with Gasteiger partial charge in [0.1, 0.15) is 5.75 Å². The SMILES string of the molecule is Cc1cc([N+](=O)[O-])ccc1OCC(=O)Nc1nc(-c2ccc([N+](=O)[O-])cc2)cs1. The number of carbonyl (C=O) groups is 1. The molecule has 3 aromatic rings. The Morgan fingerprint density at radius 2 is 1.76 bits per heavy atom. The zero-order valence-corrected chi connectivity index (χ0v) is 15.8. The molecule has 1 heterocycles. The van der Waals surface area contributed by atoms with Crippen molar-refractivity contribution in [1.82, 2.24) is 4.98 Å². The molecule has 0 aliphatic rings. The maximum Gasteiger partial charge on any atom is 0.269 e. The van der Waals surface area contributed by atoms with Crippen molar-refractivity contribution < 1.29 is 19.4 Å². The van der Waals surface area contributed by atoms with Crippen LogP contribution in [0.1, 0.15) is 5.56 Å². The van der Waals surface area contributed by atoms with Gasteiger partial charge in [0.15, 0.2) is 11.7 Å². The van der Waals surface area contributed by atoms with E-state index in [9.17, 15) is 25.0 Å².